The molecule has 120 valence electrons. The number of aromatic nitrogens is 1. The molecule has 0 amide bonds. The molecule has 2 rings (SSSR count). The molecule has 5 nitrogen and oxygen atoms in total. The molecule has 1 aromatic heterocycles. The second kappa shape index (κ2) is 7.21. The van der Waals surface area contributed by atoms with E-state index in [9.17, 15) is 8.42 Å². The second-order valence-electron chi connectivity index (χ2n) is 4.93. The van der Waals surface area contributed by atoms with Crippen LogP contribution in [0.1, 0.15) is 30.7 Å². The summed E-state index contributed by atoms with van der Waals surface area (Å²) in [5.74, 6) is 0. The lowest BCUT2D eigenvalue weighted by atomic mass is 10.3. The van der Waals surface area contributed by atoms with E-state index in [0.717, 1.165) is 16.4 Å². The van der Waals surface area contributed by atoms with Crippen molar-refractivity contribution in [1.82, 2.24) is 4.98 Å². The maximum Gasteiger partial charge on any atom is 0.175 e. The van der Waals surface area contributed by atoms with Gasteiger partial charge in [0.25, 0.3) is 0 Å². The van der Waals surface area contributed by atoms with Gasteiger partial charge in [0.1, 0.15) is 11.1 Å². The van der Waals surface area contributed by atoms with Crippen LogP contribution in [0.25, 0.3) is 0 Å². The van der Waals surface area contributed by atoms with Crippen LogP contribution in [0, 0.1) is 0 Å². The van der Waals surface area contributed by atoms with Gasteiger partial charge in [-0.3, -0.25) is 0 Å². The lowest BCUT2D eigenvalue weighted by Crippen LogP contribution is -2.03. The van der Waals surface area contributed by atoms with Gasteiger partial charge in [-0.1, -0.05) is 6.07 Å². The molecule has 0 radical (unpaired) electrons. The van der Waals surface area contributed by atoms with Gasteiger partial charge in [0.2, 0.25) is 0 Å². The van der Waals surface area contributed by atoms with Crippen LogP contribution in [0.2, 0.25) is 0 Å². The molecule has 0 aliphatic heterocycles. The molecule has 0 aliphatic carbocycles. The van der Waals surface area contributed by atoms with Gasteiger partial charge >= 0.3 is 0 Å². The van der Waals surface area contributed by atoms with E-state index in [4.69, 9.17) is 4.74 Å². The summed E-state index contributed by atoms with van der Waals surface area (Å²) in [6, 6.07) is 6.78. The summed E-state index contributed by atoms with van der Waals surface area (Å²) in [6.45, 7) is 5.14. The van der Waals surface area contributed by atoms with Crippen LogP contribution in [0.5, 0.6) is 0 Å². The van der Waals surface area contributed by atoms with E-state index in [0.29, 0.717) is 18.0 Å². The molecule has 1 aromatic carbocycles. The Morgan fingerprint density at radius 2 is 2.18 bits per heavy atom. The van der Waals surface area contributed by atoms with E-state index in [1.165, 1.54) is 6.26 Å². The highest BCUT2D eigenvalue weighted by Gasteiger charge is 2.11. The third-order valence-electron chi connectivity index (χ3n) is 3.07. The Morgan fingerprint density at radius 1 is 1.41 bits per heavy atom. The molecule has 2 aromatic rings. The van der Waals surface area contributed by atoms with E-state index in [1.807, 2.05) is 25.3 Å². The van der Waals surface area contributed by atoms with Crippen molar-refractivity contribution in [1.29, 1.82) is 0 Å². The largest absolute Gasteiger partial charge is 0.379 e. The Bertz CT molecular complexity index is 726. The van der Waals surface area contributed by atoms with Crippen LogP contribution in [0.3, 0.4) is 0 Å². The SMILES string of the molecule is CCOC(C)c1nc(CNc2cccc(S(C)(=O)=O)c2)cs1. The fourth-order valence-electron chi connectivity index (χ4n) is 1.94. The Morgan fingerprint density at radius 3 is 2.86 bits per heavy atom. The second-order valence-corrected chi connectivity index (χ2v) is 7.83. The average molecular weight is 340 g/mol. The summed E-state index contributed by atoms with van der Waals surface area (Å²) in [7, 11) is -3.19. The van der Waals surface area contributed by atoms with Crippen LogP contribution < -0.4 is 5.32 Å². The zero-order chi connectivity index (χ0) is 16.2. The number of thiazole rings is 1. The normalized spacial score (nSPS) is 13.0. The van der Waals surface area contributed by atoms with Crippen LogP contribution >= 0.6 is 11.3 Å². The molecule has 0 saturated heterocycles. The van der Waals surface area contributed by atoms with Gasteiger partial charge in [0.15, 0.2) is 9.84 Å². The average Bonchev–Trinajstić information content (AvgIpc) is 2.94. The number of anilines is 1. The fraction of sp³-hybridized carbons (Fsp3) is 0.400. The molecule has 1 atom stereocenters. The third-order valence-corrected chi connectivity index (χ3v) is 5.23. The number of hydrogen-bond acceptors (Lipinski definition) is 6. The molecule has 22 heavy (non-hydrogen) atoms. The molecular formula is C15H20N2O3S2. The number of ether oxygens (including phenoxy) is 1. The molecule has 0 bridgehead atoms. The first kappa shape index (κ1) is 16.9. The van der Waals surface area contributed by atoms with E-state index in [1.54, 1.807) is 29.5 Å². The number of nitrogens with zero attached hydrogens (tertiary/aromatic N) is 1. The van der Waals surface area contributed by atoms with E-state index in [2.05, 4.69) is 10.3 Å². The van der Waals surface area contributed by atoms with Crippen molar-refractivity contribution in [3.8, 4) is 0 Å². The zero-order valence-electron chi connectivity index (χ0n) is 12.9. The summed E-state index contributed by atoms with van der Waals surface area (Å²) in [6.07, 6.45) is 1.20. The molecule has 0 saturated carbocycles. The summed E-state index contributed by atoms with van der Waals surface area (Å²) in [4.78, 5) is 4.83. The molecule has 0 aliphatic rings. The van der Waals surface area contributed by atoms with Gasteiger partial charge in [-0.2, -0.15) is 0 Å². The van der Waals surface area contributed by atoms with Crippen LogP contribution in [0.15, 0.2) is 34.5 Å². The van der Waals surface area contributed by atoms with Crippen molar-refractivity contribution in [2.45, 2.75) is 31.4 Å². The highest BCUT2D eigenvalue weighted by atomic mass is 32.2. The van der Waals surface area contributed by atoms with E-state index < -0.39 is 9.84 Å². The van der Waals surface area contributed by atoms with Crippen LogP contribution in [0.4, 0.5) is 5.69 Å². The maximum atomic E-state index is 11.5. The first-order chi connectivity index (χ1) is 10.4. The maximum absolute atomic E-state index is 11.5. The monoisotopic (exact) mass is 340 g/mol. The van der Waals surface area contributed by atoms with Crippen molar-refractivity contribution < 1.29 is 13.2 Å². The van der Waals surface area contributed by atoms with Crippen molar-refractivity contribution >= 4 is 26.9 Å². The quantitative estimate of drug-likeness (QED) is 0.838. The standard InChI is InChI=1S/C15H20N2O3S2/c1-4-20-11(2)15-17-13(10-21-15)9-16-12-6-5-7-14(8-12)22(3,18)19/h5-8,10-11,16H,4,9H2,1-3H3. The summed E-state index contributed by atoms with van der Waals surface area (Å²) < 4.78 is 28.6. The lowest BCUT2D eigenvalue weighted by molar-refractivity contribution is 0.0761. The Hall–Kier alpha value is -1.44. The number of benzene rings is 1. The molecule has 1 unspecified atom stereocenters. The molecule has 0 spiro atoms. The highest BCUT2D eigenvalue weighted by molar-refractivity contribution is 7.90. The minimum atomic E-state index is -3.19. The van der Waals surface area contributed by atoms with Crippen molar-refractivity contribution in [3.05, 3.63) is 40.3 Å². The van der Waals surface area contributed by atoms with Gasteiger partial charge in [-0.15, -0.1) is 11.3 Å². The Balaban J connectivity index is 2.02. The fourth-order valence-corrected chi connectivity index (χ4v) is 3.43. The topological polar surface area (TPSA) is 68.3 Å². The predicted molar refractivity (Wildman–Crippen MR) is 89.0 cm³/mol. The zero-order valence-corrected chi connectivity index (χ0v) is 14.5. The number of nitrogens with one attached hydrogen (secondary N) is 1. The van der Waals surface area contributed by atoms with Gasteiger partial charge in [0, 0.05) is 23.9 Å². The van der Waals surface area contributed by atoms with Crippen molar-refractivity contribution in [2.24, 2.45) is 0 Å². The van der Waals surface area contributed by atoms with E-state index in [-0.39, 0.29) is 6.10 Å². The highest BCUT2D eigenvalue weighted by Crippen LogP contribution is 2.22. The minimum absolute atomic E-state index is 0.00249. The van der Waals surface area contributed by atoms with Crippen LogP contribution in [-0.2, 0) is 21.1 Å². The van der Waals surface area contributed by atoms with Gasteiger partial charge in [-0.05, 0) is 32.0 Å². The minimum Gasteiger partial charge on any atom is -0.379 e. The first-order valence-corrected chi connectivity index (χ1v) is 9.77. The molecule has 1 N–H and O–H groups in total. The Labute approximate surface area is 135 Å². The van der Waals surface area contributed by atoms with Crippen molar-refractivity contribution in [2.75, 3.05) is 18.2 Å². The molecule has 0 fully saturated rings. The number of hydrogen-bond donors (Lipinski definition) is 1. The van der Waals surface area contributed by atoms with E-state index >= 15 is 0 Å². The summed E-state index contributed by atoms with van der Waals surface area (Å²) >= 11 is 1.57. The van der Waals surface area contributed by atoms with Gasteiger partial charge in [-0.25, -0.2) is 13.4 Å². The molecular weight excluding hydrogens is 320 g/mol. The predicted octanol–water partition coefficient (Wildman–Crippen LogP) is 3.26. The third kappa shape index (κ3) is 4.53. The lowest BCUT2D eigenvalue weighted by Gasteiger charge is -2.08. The first-order valence-electron chi connectivity index (χ1n) is 7.00. The summed E-state index contributed by atoms with van der Waals surface area (Å²) in [5.41, 5.74) is 1.67. The number of sulfone groups is 1. The molecule has 1 heterocycles. The summed E-state index contributed by atoms with van der Waals surface area (Å²) in [5, 5.41) is 6.13. The van der Waals surface area contributed by atoms with Crippen molar-refractivity contribution in [3.63, 3.8) is 0 Å². The number of rotatable bonds is 7. The van der Waals surface area contributed by atoms with Gasteiger partial charge < -0.3 is 10.1 Å². The smallest absolute Gasteiger partial charge is 0.175 e. The Kier molecular flexibility index (Phi) is 5.55. The van der Waals surface area contributed by atoms with Crippen LogP contribution in [-0.4, -0.2) is 26.3 Å². The van der Waals surface area contributed by atoms with Gasteiger partial charge in [0.05, 0.1) is 17.1 Å². The molecule has 7 heteroatoms.